The minimum absolute atomic E-state index is 0.124. The average molecular weight is 348 g/mol. The number of carbonyl (C=O) groups is 3. The number of carboxylic acids is 1. The summed E-state index contributed by atoms with van der Waals surface area (Å²) in [6, 6.07) is 4.56. The fraction of sp³-hybridized carbons (Fsp3) is 0.438. The lowest BCUT2D eigenvalue weighted by molar-refractivity contribution is -0.384. The highest BCUT2D eigenvalue weighted by molar-refractivity contribution is 6.15. The normalized spacial score (nSPS) is 29.1. The van der Waals surface area contributed by atoms with Crippen LogP contribution in [0.15, 0.2) is 24.3 Å². The van der Waals surface area contributed by atoms with Crippen molar-refractivity contribution in [3.05, 3.63) is 39.9 Å². The summed E-state index contributed by atoms with van der Waals surface area (Å²) < 4.78 is 0. The van der Waals surface area contributed by atoms with Crippen molar-refractivity contribution in [2.75, 3.05) is 0 Å². The number of hydrogen-bond acceptors (Lipinski definition) is 6. The molecule has 3 rings (SSSR count). The molecule has 0 saturated carbocycles. The van der Waals surface area contributed by atoms with Crippen LogP contribution in [-0.2, 0) is 20.8 Å². The van der Waals surface area contributed by atoms with Gasteiger partial charge in [0.25, 0.3) is 5.69 Å². The van der Waals surface area contributed by atoms with Crippen LogP contribution in [0.3, 0.4) is 0 Å². The van der Waals surface area contributed by atoms with Crippen molar-refractivity contribution in [1.82, 2.24) is 4.90 Å². The molecule has 1 aromatic carbocycles. The monoisotopic (exact) mass is 348 g/mol. The van der Waals surface area contributed by atoms with Crippen molar-refractivity contribution in [1.29, 1.82) is 0 Å². The number of β-lactam (4-membered cyclic amide) rings is 1. The van der Waals surface area contributed by atoms with Gasteiger partial charge in [-0.3, -0.25) is 19.7 Å². The molecule has 0 aromatic heterocycles. The van der Waals surface area contributed by atoms with Gasteiger partial charge in [0.2, 0.25) is 11.4 Å². The van der Waals surface area contributed by atoms with Crippen molar-refractivity contribution in [2.45, 2.75) is 37.5 Å². The number of amides is 1. The molecule has 2 aliphatic rings. The van der Waals surface area contributed by atoms with Crippen LogP contribution in [0.5, 0.6) is 0 Å². The Hall–Kier alpha value is -2.81. The molecule has 2 heterocycles. The third-order valence-electron chi connectivity index (χ3n) is 5.02. The second-order valence-corrected chi connectivity index (χ2v) is 6.44. The number of ketones is 1. The summed E-state index contributed by atoms with van der Waals surface area (Å²) in [7, 11) is 0. The molecule has 1 amide bonds. The number of aliphatic hydroxyl groups excluding tert-OH is 1. The number of rotatable bonds is 5. The van der Waals surface area contributed by atoms with Gasteiger partial charge in [-0.2, -0.15) is 0 Å². The van der Waals surface area contributed by atoms with E-state index in [0.717, 1.165) is 4.90 Å². The zero-order valence-electron chi connectivity index (χ0n) is 13.3. The van der Waals surface area contributed by atoms with Crippen LogP contribution >= 0.6 is 0 Å². The molecule has 2 saturated heterocycles. The number of nitrogens with zero attached hydrogens (tertiary/aromatic N) is 2. The topological polar surface area (TPSA) is 138 Å². The number of aliphatic carboxylic acids is 1. The Balaban J connectivity index is 1.95. The van der Waals surface area contributed by atoms with E-state index in [1.165, 1.54) is 31.2 Å². The van der Waals surface area contributed by atoms with Crippen molar-refractivity contribution in [2.24, 2.45) is 5.92 Å². The highest BCUT2D eigenvalue weighted by Gasteiger charge is 2.69. The first-order valence-corrected chi connectivity index (χ1v) is 7.71. The van der Waals surface area contributed by atoms with Gasteiger partial charge in [0.05, 0.1) is 23.0 Å². The molecule has 0 spiro atoms. The van der Waals surface area contributed by atoms with E-state index >= 15 is 0 Å². The zero-order chi connectivity index (χ0) is 18.5. The molecule has 0 unspecified atom stereocenters. The van der Waals surface area contributed by atoms with Crippen molar-refractivity contribution in [3.63, 3.8) is 0 Å². The van der Waals surface area contributed by atoms with E-state index in [1.54, 1.807) is 0 Å². The van der Waals surface area contributed by atoms with E-state index in [1.807, 2.05) is 0 Å². The summed E-state index contributed by atoms with van der Waals surface area (Å²) in [4.78, 5) is 48.0. The van der Waals surface area contributed by atoms with Gasteiger partial charge in [-0.15, -0.1) is 0 Å². The molecule has 2 N–H and O–H groups in total. The molecular formula is C16H16N2O7. The predicted octanol–water partition coefficient (Wildman–Crippen LogP) is 0.141. The van der Waals surface area contributed by atoms with Crippen LogP contribution in [0.2, 0.25) is 0 Å². The number of nitro benzene ring substituents is 1. The molecule has 25 heavy (non-hydrogen) atoms. The summed E-state index contributed by atoms with van der Waals surface area (Å²) in [5.74, 6) is -3.37. The summed E-state index contributed by atoms with van der Waals surface area (Å²) >= 11 is 0. The lowest BCUT2D eigenvalue weighted by atomic mass is 9.81. The number of nitro groups is 1. The Bertz CT molecular complexity index is 773. The first kappa shape index (κ1) is 17.0. The fourth-order valence-corrected chi connectivity index (χ4v) is 3.79. The standard InChI is InChI=1S/C16H16N2O7/c1-8(19)13-11-6-12(20)16(15(22)23,17(11)14(13)21)7-9-2-4-10(5-3-9)18(24)25/h2-5,8,11,13,19H,6-7H2,1H3,(H,22,23)/t8-,11-,13-,16-/m1/s1. The van der Waals surface area contributed by atoms with E-state index in [2.05, 4.69) is 0 Å². The Morgan fingerprint density at radius 1 is 1.40 bits per heavy atom. The van der Waals surface area contributed by atoms with Gasteiger partial charge in [-0.25, -0.2) is 4.79 Å². The third kappa shape index (κ3) is 2.30. The average Bonchev–Trinajstić information content (AvgIpc) is 2.77. The van der Waals surface area contributed by atoms with Crippen LogP contribution < -0.4 is 0 Å². The zero-order valence-corrected chi connectivity index (χ0v) is 13.3. The predicted molar refractivity (Wildman–Crippen MR) is 82.6 cm³/mol. The number of aliphatic hydroxyl groups is 1. The summed E-state index contributed by atoms with van der Waals surface area (Å²) in [5.41, 5.74) is -1.78. The maximum Gasteiger partial charge on any atom is 0.337 e. The number of carboxylic acid groups (broad SMARTS) is 1. The minimum Gasteiger partial charge on any atom is -0.479 e. The number of fused-ring (bicyclic) bond motifs is 1. The minimum atomic E-state index is -2.02. The van der Waals surface area contributed by atoms with Gasteiger partial charge in [-0.05, 0) is 12.5 Å². The largest absolute Gasteiger partial charge is 0.479 e. The summed E-state index contributed by atoms with van der Waals surface area (Å²) in [5, 5.41) is 30.1. The summed E-state index contributed by atoms with van der Waals surface area (Å²) in [6.07, 6.45) is -1.36. The lowest BCUT2D eigenvalue weighted by Gasteiger charge is -2.49. The second kappa shape index (κ2) is 5.62. The quantitative estimate of drug-likeness (QED) is 0.334. The SMILES string of the molecule is C[C@@H](O)[C@H]1C(=O)N2[C@@H]1CC(=O)[C@]2(Cc1ccc([N+](=O)[O-])cc1)C(=O)O. The van der Waals surface area contributed by atoms with E-state index in [0.29, 0.717) is 5.56 Å². The van der Waals surface area contributed by atoms with E-state index < -0.39 is 46.2 Å². The molecule has 0 bridgehead atoms. The highest BCUT2D eigenvalue weighted by Crippen LogP contribution is 2.46. The molecule has 4 atom stereocenters. The van der Waals surface area contributed by atoms with E-state index in [9.17, 15) is 34.7 Å². The van der Waals surface area contributed by atoms with Gasteiger partial charge in [0.15, 0.2) is 5.78 Å². The van der Waals surface area contributed by atoms with Gasteiger partial charge in [0.1, 0.15) is 0 Å². The maximum atomic E-state index is 12.5. The third-order valence-corrected chi connectivity index (χ3v) is 5.02. The van der Waals surface area contributed by atoms with Crippen LogP contribution in [0.1, 0.15) is 18.9 Å². The Morgan fingerprint density at radius 3 is 2.48 bits per heavy atom. The Kier molecular flexibility index (Phi) is 3.83. The van der Waals surface area contributed by atoms with Gasteiger partial charge < -0.3 is 15.1 Å². The van der Waals surface area contributed by atoms with Crippen LogP contribution in [0, 0.1) is 16.0 Å². The van der Waals surface area contributed by atoms with E-state index in [4.69, 9.17) is 0 Å². The molecule has 132 valence electrons. The van der Waals surface area contributed by atoms with Gasteiger partial charge in [0, 0.05) is 25.0 Å². The molecular weight excluding hydrogens is 332 g/mol. The molecule has 2 aliphatic heterocycles. The summed E-state index contributed by atoms with van der Waals surface area (Å²) in [6.45, 7) is 1.43. The number of carbonyl (C=O) groups excluding carboxylic acids is 2. The second-order valence-electron chi connectivity index (χ2n) is 6.44. The first-order chi connectivity index (χ1) is 11.7. The molecule has 9 nitrogen and oxygen atoms in total. The highest BCUT2D eigenvalue weighted by atomic mass is 16.6. The van der Waals surface area contributed by atoms with Crippen molar-refractivity contribution >= 4 is 23.3 Å². The smallest absolute Gasteiger partial charge is 0.337 e. The molecule has 0 radical (unpaired) electrons. The molecule has 9 heteroatoms. The molecule has 2 fully saturated rings. The van der Waals surface area contributed by atoms with Gasteiger partial charge >= 0.3 is 5.97 Å². The Morgan fingerprint density at radius 2 is 2.00 bits per heavy atom. The van der Waals surface area contributed by atoms with Crippen molar-refractivity contribution in [3.8, 4) is 0 Å². The van der Waals surface area contributed by atoms with Gasteiger partial charge in [-0.1, -0.05) is 12.1 Å². The molecule has 0 aliphatic carbocycles. The number of hydrogen-bond donors (Lipinski definition) is 2. The number of benzene rings is 1. The lowest BCUT2D eigenvalue weighted by Crippen LogP contribution is -2.71. The number of Topliss-reactive ketones (excluding diaryl/α,β-unsaturated/α-hetero) is 1. The van der Waals surface area contributed by atoms with Crippen molar-refractivity contribution < 1.29 is 29.5 Å². The van der Waals surface area contributed by atoms with E-state index in [-0.39, 0.29) is 18.5 Å². The maximum absolute atomic E-state index is 12.5. The number of non-ortho nitro benzene ring substituents is 1. The molecule has 1 aromatic rings. The Labute approximate surface area is 142 Å². The first-order valence-electron chi connectivity index (χ1n) is 7.71. The van der Waals surface area contributed by atoms with Crippen LogP contribution in [0.25, 0.3) is 0 Å². The van der Waals surface area contributed by atoms with Crippen LogP contribution in [0.4, 0.5) is 5.69 Å². The fourth-order valence-electron chi connectivity index (χ4n) is 3.79. The van der Waals surface area contributed by atoms with Crippen LogP contribution in [-0.4, -0.2) is 55.4 Å².